The molecule has 0 saturated carbocycles. The van der Waals surface area contributed by atoms with Gasteiger partial charge in [0.25, 0.3) is 11.8 Å². The molecular formula is C28H26N6O9S4. The van der Waals surface area contributed by atoms with Gasteiger partial charge in [-0.15, -0.1) is 34.4 Å². The highest BCUT2D eigenvalue weighted by Crippen LogP contribution is 2.42. The Balaban J connectivity index is 1.28. The van der Waals surface area contributed by atoms with Crippen molar-refractivity contribution in [3.63, 3.8) is 0 Å². The number of nitrogens with two attached hydrogens (primary N) is 1. The number of benzene rings is 1. The van der Waals surface area contributed by atoms with Crippen LogP contribution < -0.4 is 20.5 Å². The van der Waals surface area contributed by atoms with E-state index >= 15 is 0 Å². The first-order chi connectivity index (χ1) is 22.5. The fourth-order valence-electron chi connectivity index (χ4n) is 4.48. The Bertz CT molecular complexity index is 1820. The molecule has 0 unspecified atom stereocenters. The summed E-state index contributed by atoms with van der Waals surface area (Å²) >= 11 is 5.08. The highest BCUT2D eigenvalue weighted by Gasteiger charge is 2.54. The molecule has 2 aromatic heterocycles. The Hall–Kier alpha value is -4.46. The number of nitrogens with one attached hydrogen (secondary N) is 1. The number of β-lactam (4-membered cyclic amide) rings is 1. The molecule has 1 saturated heterocycles. The van der Waals surface area contributed by atoms with Crippen molar-refractivity contribution in [3.05, 3.63) is 45.9 Å². The van der Waals surface area contributed by atoms with Crippen molar-refractivity contribution >= 4 is 86.8 Å². The average Bonchev–Trinajstić information content (AvgIpc) is 3.68. The fourth-order valence-corrected chi connectivity index (χ4v) is 8.35. The minimum atomic E-state index is -1.26. The third-order valence-electron chi connectivity index (χ3n) is 6.40. The monoisotopic (exact) mass is 718 g/mol. The van der Waals surface area contributed by atoms with Crippen molar-refractivity contribution < 1.29 is 43.4 Å². The summed E-state index contributed by atoms with van der Waals surface area (Å²) in [4.78, 5) is 76.6. The second kappa shape index (κ2) is 14.5. The lowest BCUT2D eigenvalue weighted by molar-refractivity contribution is -0.150. The smallest absolute Gasteiger partial charge is 0.352 e. The van der Waals surface area contributed by atoms with Gasteiger partial charge in [-0.25, -0.2) is 14.8 Å². The zero-order valence-corrected chi connectivity index (χ0v) is 28.1. The molecule has 0 spiro atoms. The third-order valence-corrected chi connectivity index (χ3v) is 10.5. The highest BCUT2D eigenvalue weighted by atomic mass is 32.2. The maximum Gasteiger partial charge on any atom is 0.352 e. The van der Waals surface area contributed by atoms with Gasteiger partial charge in [0, 0.05) is 41.7 Å². The van der Waals surface area contributed by atoms with E-state index in [0.29, 0.717) is 26.9 Å². The topological polar surface area (TPSA) is 213 Å². The summed E-state index contributed by atoms with van der Waals surface area (Å²) < 4.78 is 11.0. The molecule has 2 aliphatic heterocycles. The SMILES string of the molecule is CCO/N=C(/C(=O)N[C@@H]1C(=O)N2C(C(=O)O)=C(CSc3nc(-c4ccc(OC(C)=O)c(OC(C)=O)c4)cs3)CS[C@H]12)c1csc(N)n1. The van der Waals surface area contributed by atoms with Crippen LogP contribution >= 0.6 is 46.2 Å². The molecule has 4 heterocycles. The van der Waals surface area contributed by atoms with Gasteiger partial charge in [-0.3, -0.25) is 24.1 Å². The molecule has 1 fully saturated rings. The van der Waals surface area contributed by atoms with E-state index in [2.05, 4.69) is 20.4 Å². The number of thiazole rings is 2. The molecule has 2 amide bonds. The minimum Gasteiger partial charge on any atom is -0.477 e. The number of fused-ring (bicyclic) bond motifs is 1. The molecule has 19 heteroatoms. The number of ether oxygens (including phenoxy) is 2. The molecule has 47 heavy (non-hydrogen) atoms. The molecule has 1 aromatic carbocycles. The van der Waals surface area contributed by atoms with E-state index in [0.717, 1.165) is 11.3 Å². The lowest BCUT2D eigenvalue weighted by Gasteiger charge is -2.49. The van der Waals surface area contributed by atoms with Crippen molar-refractivity contribution in [2.24, 2.45) is 5.16 Å². The number of oxime groups is 1. The number of nitrogens with zero attached hydrogens (tertiary/aromatic N) is 4. The van der Waals surface area contributed by atoms with Gasteiger partial charge >= 0.3 is 17.9 Å². The Kier molecular flexibility index (Phi) is 10.5. The quantitative estimate of drug-likeness (QED) is 0.0614. The van der Waals surface area contributed by atoms with Crippen molar-refractivity contribution in [1.82, 2.24) is 20.2 Å². The molecule has 0 bridgehead atoms. The van der Waals surface area contributed by atoms with Gasteiger partial charge in [-0.2, -0.15) is 0 Å². The zero-order valence-electron chi connectivity index (χ0n) is 24.9. The van der Waals surface area contributed by atoms with E-state index in [9.17, 15) is 29.1 Å². The summed E-state index contributed by atoms with van der Waals surface area (Å²) in [5.41, 5.74) is 7.31. The average molecular weight is 719 g/mol. The van der Waals surface area contributed by atoms with Crippen molar-refractivity contribution in [2.45, 2.75) is 36.5 Å². The number of anilines is 1. The molecule has 4 N–H and O–H groups in total. The third kappa shape index (κ3) is 7.58. The van der Waals surface area contributed by atoms with E-state index in [1.807, 2.05) is 0 Å². The van der Waals surface area contributed by atoms with Crippen LogP contribution in [0.4, 0.5) is 5.13 Å². The molecule has 0 aliphatic carbocycles. The van der Waals surface area contributed by atoms with Crippen LogP contribution in [-0.4, -0.2) is 84.9 Å². The van der Waals surface area contributed by atoms with Crippen LogP contribution in [0.5, 0.6) is 11.5 Å². The van der Waals surface area contributed by atoms with Gasteiger partial charge in [0.1, 0.15) is 29.4 Å². The molecule has 2 aliphatic rings. The molecule has 246 valence electrons. The van der Waals surface area contributed by atoms with Gasteiger partial charge < -0.3 is 30.5 Å². The second-order valence-electron chi connectivity index (χ2n) is 9.68. The summed E-state index contributed by atoms with van der Waals surface area (Å²) in [5.74, 6) is -2.98. The number of aromatic nitrogens is 2. The number of rotatable bonds is 12. The molecule has 2 atom stereocenters. The molecular weight excluding hydrogens is 693 g/mol. The maximum atomic E-state index is 13.2. The lowest BCUT2D eigenvalue weighted by atomic mass is 10.0. The van der Waals surface area contributed by atoms with E-state index in [1.54, 1.807) is 23.8 Å². The Morgan fingerprint density at radius 2 is 1.87 bits per heavy atom. The number of nitrogen functional groups attached to an aromatic ring is 1. The number of aliphatic carboxylic acids is 1. The summed E-state index contributed by atoms with van der Waals surface area (Å²) in [5, 5.41) is 19.5. The van der Waals surface area contributed by atoms with Gasteiger partial charge in [-0.1, -0.05) is 16.9 Å². The first-order valence-corrected chi connectivity index (χ1v) is 17.5. The maximum absolute atomic E-state index is 13.2. The van der Waals surface area contributed by atoms with E-state index in [-0.39, 0.29) is 46.1 Å². The number of carbonyl (C=O) groups is 5. The number of hydrogen-bond acceptors (Lipinski definition) is 16. The number of carboxylic acids is 1. The van der Waals surface area contributed by atoms with Crippen LogP contribution in [0.3, 0.4) is 0 Å². The van der Waals surface area contributed by atoms with E-state index in [1.165, 1.54) is 65.7 Å². The number of hydrogen-bond donors (Lipinski definition) is 3. The molecule has 3 aromatic rings. The van der Waals surface area contributed by atoms with Crippen molar-refractivity contribution in [3.8, 4) is 22.8 Å². The van der Waals surface area contributed by atoms with Crippen LogP contribution in [-0.2, 0) is 28.8 Å². The summed E-state index contributed by atoms with van der Waals surface area (Å²) in [7, 11) is 0. The Morgan fingerprint density at radius 1 is 1.13 bits per heavy atom. The molecule has 15 nitrogen and oxygen atoms in total. The van der Waals surface area contributed by atoms with Crippen LogP contribution in [0, 0.1) is 0 Å². The van der Waals surface area contributed by atoms with E-state index < -0.39 is 41.1 Å². The summed E-state index contributed by atoms with van der Waals surface area (Å²) in [6.07, 6.45) is 0. The first-order valence-electron chi connectivity index (χ1n) is 13.7. The number of carbonyl (C=O) groups excluding carboxylic acids is 4. The number of thioether (sulfide) groups is 2. The molecule has 5 rings (SSSR count). The van der Waals surface area contributed by atoms with Crippen molar-refractivity contribution in [1.29, 1.82) is 0 Å². The lowest BCUT2D eigenvalue weighted by Crippen LogP contribution is -2.71. The van der Waals surface area contributed by atoms with Gasteiger partial charge in [0.15, 0.2) is 26.7 Å². The standard InChI is InChI=1S/C28H26N6O9S4/c1-4-41-33-20(17-11-45-27(29)30-17)23(37)32-21-24(38)34-22(26(39)40)15(8-44-25(21)34)9-46-28-31-16(10-47-28)14-5-6-18(42-12(2)35)19(7-14)43-13(3)36/h5-7,10-11,21,25H,4,8-9H2,1-3H3,(H2,29,30)(H,32,37)(H,39,40)/b33-20+/t21-,25-/m1/s1. The number of esters is 2. The normalized spacial score (nSPS) is 17.5. The Labute approximate surface area is 283 Å². The van der Waals surface area contributed by atoms with Crippen LogP contribution in [0.25, 0.3) is 11.3 Å². The van der Waals surface area contributed by atoms with Gasteiger partial charge in [0.2, 0.25) is 0 Å². The number of amides is 2. The van der Waals surface area contributed by atoms with Gasteiger partial charge in [0.05, 0.1) is 5.69 Å². The largest absolute Gasteiger partial charge is 0.477 e. The predicted molar refractivity (Wildman–Crippen MR) is 175 cm³/mol. The minimum absolute atomic E-state index is 0.0665. The first kappa shape index (κ1) is 33.9. The van der Waals surface area contributed by atoms with Crippen molar-refractivity contribution in [2.75, 3.05) is 23.8 Å². The van der Waals surface area contributed by atoms with Crippen LogP contribution in [0.15, 0.2) is 49.7 Å². The van der Waals surface area contributed by atoms with Gasteiger partial charge in [-0.05, 0) is 30.7 Å². The zero-order chi connectivity index (χ0) is 33.8. The van der Waals surface area contributed by atoms with Crippen LogP contribution in [0.2, 0.25) is 0 Å². The fraction of sp³-hybridized carbons (Fsp3) is 0.286. The highest BCUT2D eigenvalue weighted by molar-refractivity contribution is 8.01. The predicted octanol–water partition coefficient (Wildman–Crippen LogP) is 2.97. The van der Waals surface area contributed by atoms with Crippen LogP contribution in [0.1, 0.15) is 26.5 Å². The number of carboxylic acid groups (broad SMARTS) is 1. The summed E-state index contributed by atoms with van der Waals surface area (Å²) in [6, 6.07) is 3.72. The molecule has 0 radical (unpaired) electrons. The Morgan fingerprint density at radius 3 is 2.53 bits per heavy atom. The second-order valence-corrected chi connectivity index (χ2v) is 13.8. The summed E-state index contributed by atoms with van der Waals surface area (Å²) in [6.45, 7) is 4.35. The van der Waals surface area contributed by atoms with E-state index in [4.69, 9.17) is 20.0 Å².